The quantitative estimate of drug-likeness (QED) is 0.892. The molecule has 0 unspecified atom stereocenters. The summed E-state index contributed by atoms with van der Waals surface area (Å²) in [6.07, 6.45) is 2.67. The standard InChI is InChI=1S/C14H17NO3/c16-13-9-5-4-8-12(13)15-14(17)18-10-11-6-2-1-3-7-11/h1-3,6-7,12H,4-5,8-10H2,(H,15,17)/t12-/m1/s1. The van der Waals surface area contributed by atoms with Crippen LogP contribution in [0.1, 0.15) is 31.2 Å². The van der Waals surface area contributed by atoms with Gasteiger partial charge in [0.1, 0.15) is 6.61 Å². The Balaban J connectivity index is 1.76. The van der Waals surface area contributed by atoms with E-state index in [-0.39, 0.29) is 18.4 Å². The zero-order valence-electron chi connectivity index (χ0n) is 10.2. The Morgan fingerprint density at radius 1 is 1.28 bits per heavy atom. The van der Waals surface area contributed by atoms with E-state index in [2.05, 4.69) is 5.32 Å². The van der Waals surface area contributed by atoms with Gasteiger partial charge >= 0.3 is 6.09 Å². The number of carbonyl (C=O) groups is 2. The Kier molecular flexibility index (Phi) is 4.34. The van der Waals surface area contributed by atoms with E-state index in [9.17, 15) is 9.59 Å². The molecule has 0 aliphatic heterocycles. The molecule has 0 aromatic heterocycles. The summed E-state index contributed by atoms with van der Waals surface area (Å²) in [5, 5.41) is 2.63. The van der Waals surface area contributed by atoms with Crippen LogP contribution in [0, 0.1) is 0 Å². The van der Waals surface area contributed by atoms with Crippen LogP contribution >= 0.6 is 0 Å². The molecular formula is C14H17NO3. The van der Waals surface area contributed by atoms with Gasteiger partial charge in [0, 0.05) is 6.42 Å². The SMILES string of the molecule is O=C(N[C@@H]1CCCCC1=O)OCc1ccccc1. The number of carbonyl (C=O) groups excluding carboxylic acids is 2. The zero-order valence-corrected chi connectivity index (χ0v) is 10.2. The normalized spacial score (nSPS) is 19.3. The molecule has 0 spiro atoms. The molecule has 1 aliphatic carbocycles. The zero-order chi connectivity index (χ0) is 12.8. The highest BCUT2D eigenvalue weighted by atomic mass is 16.5. The molecule has 1 atom stereocenters. The minimum absolute atomic E-state index is 0.109. The van der Waals surface area contributed by atoms with Crippen LogP contribution in [-0.2, 0) is 16.1 Å². The lowest BCUT2D eigenvalue weighted by Crippen LogP contribution is -2.42. The van der Waals surface area contributed by atoms with Gasteiger partial charge in [0.15, 0.2) is 5.78 Å². The molecule has 1 saturated carbocycles. The first-order chi connectivity index (χ1) is 8.75. The van der Waals surface area contributed by atoms with Crippen LogP contribution in [0.3, 0.4) is 0 Å². The summed E-state index contributed by atoms with van der Waals surface area (Å²) >= 11 is 0. The molecule has 2 rings (SSSR count). The van der Waals surface area contributed by atoms with Gasteiger partial charge in [-0.3, -0.25) is 4.79 Å². The minimum Gasteiger partial charge on any atom is -0.445 e. The van der Waals surface area contributed by atoms with Crippen LogP contribution in [0.15, 0.2) is 30.3 Å². The first-order valence-corrected chi connectivity index (χ1v) is 6.25. The van der Waals surface area contributed by atoms with E-state index in [1.807, 2.05) is 30.3 Å². The second-order valence-electron chi connectivity index (χ2n) is 4.47. The Labute approximate surface area is 106 Å². The third-order valence-corrected chi connectivity index (χ3v) is 3.06. The van der Waals surface area contributed by atoms with Gasteiger partial charge in [-0.1, -0.05) is 36.8 Å². The second kappa shape index (κ2) is 6.19. The first kappa shape index (κ1) is 12.6. The molecule has 96 valence electrons. The van der Waals surface area contributed by atoms with E-state index in [1.165, 1.54) is 0 Å². The van der Waals surface area contributed by atoms with Crippen LogP contribution in [0.2, 0.25) is 0 Å². The summed E-state index contributed by atoms with van der Waals surface area (Å²) in [5.41, 5.74) is 0.933. The maximum Gasteiger partial charge on any atom is 0.408 e. The fraction of sp³-hybridized carbons (Fsp3) is 0.429. The van der Waals surface area contributed by atoms with Crippen molar-refractivity contribution in [1.82, 2.24) is 5.32 Å². The van der Waals surface area contributed by atoms with Crippen molar-refractivity contribution in [1.29, 1.82) is 0 Å². The van der Waals surface area contributed by atoms with E-state index >= 15 is 0 Å². The van der Waals surface area contributed by atoms with Crippen LogP contribution in [0.5, 0.6) is 0 Å². The predicted octanol–water partition coefficient (Wildman–Crippen LogP) is 2.42. The van der Waals surface area contributed by atoms with Gasteiger partial charge in [-0.15, -0.1) is 0 Å². The fourth-order valence-corrected chi connectivity index (χ4v) is 2.04. The third kappa shape index (κ3) is 3.58. The topological polar surface area (TPSA) is 55.4 Å². The molecule has 1 aromatic rings. The highest BCUT2D eigenvalue weighted by Crippen LogP contribution is 2.14. The number of amides is 1. The van der Waals surface area contributed by atoms with E-state index in [0.717, 1.165) is 24.8 Å². The van der Waals surface area contributed by atoms with Gasteiger partial charge in [-0.05, 0) is 18.4 Å². The molecule has 0 heterocycles. The number of hydrogen-bond donors (Lipinski definition) is 1. The minimum atomic E-state index is -0.515. The maximum atomic E-state index is 11.5. The monoisotopic (exact) mass is 247 g/mol. The molecule has 0 bridgehead atoms. The highest BCUT2D eigenvalue weighted by molar-refractivity contribution is 5.87. The second-order valence-corrected chi connectivity index (χ2v) is 4.47. The Hall–Kier alpha value is -1.84. The summed E-state index contributed by atoms with van der Waals surface area (Å²) in [5.74, 6) is 0.109. The van der Waals surface area contributed by atoms with Gasteiger partial charge in [0.05, 0.1) is 6.04 Å². The molecule has 1 amide bonds. The fourth-order valence-electron chi connectivity index (χ4n) is 2.04. The Morgan fingerprint density at radius 2 is 2.06 bits per heavy atom. The molecule has 1 aromatic carbocycles. The Bertz CT molecular complexity index is 416. The summed E-state index contributed by atoms with van der Waals surface area (Å²) in [7, 11) is 0. The molecule has 0 saturated heterocycles. The maximum absolute atomic E-state index is 11.5. The summed E-state index contributed by atoms with van der Waals surface area (Å²) in [6.45, 7) is 0.230. The summed E-state index contributed by atoms with van der Waals surface area (Å²) in [6, 6.07) is 9.10. The number of ether oxygens (including phenoxy) is 1. The molecular weight excluding hydrogens is 230 g/mol. The number of alkyl carbamates (subject to hydrolysis) is 1. The van der Waals surface area contributed by atoms with Gasteiger partial charge in [0.25, 0.3) is 0 Å². The first-order valence-electron chi connectivity index (χ1n) is 6.25. The number of rotatable bonds is 3. The van der Waals surface area contributed by atoms with Gasteiger partial charge in [-0.25, -0.2) is 4.79 Å². The average molecular weight is 247 g/mol. The van der Waals surface area contributed by atoms with Gasteiger partial charge in [0.2, 0.25) is 0 Å². The van der Waals surface area contributed by atoms with Crippen molar-refractivity contribution < 1.29 is 14.3 Å². The molecule has 1 fully saturated rings. The van der Waals surface area contributed by atoms with Crippen molar-refractivity contribution >= 4 is 11.9 Å². The number of hydrogen-bond acceptors (Lipinski definition) is 3. The van der Waals surface area contributed by atoms with Gasteiger partial charge in [-0.2, -0.15) is 0 Å². The van der Waals surface area contributed by atoms with E-state index in [1.54, 1.807) is 0 Å². The van der Waals surface area contributed by atoms with Crippen molar-refractivity contribution in [2.75, 3.05) is 0 Å². The third-order valence-electron chi connectivity index (χ3n) is 3.06. The lowest BCUT2D eigenvalue weighted by atomic mass is 9.94. The van der Waals surface area contributed by atoms with E-state index in [0.29, 0.717) is 6.42 Å². The molecule has 1 aliphatic rings. The summed E-state index contributed by atoms with van der Waals surface area (Å²) in [4.78, 5) is 23.1. The Morgan fingerprint density at radius 3 is 2.78 bits per heavy atom. The lowest BCUT2D eigenvalue weighted by molar-refractivity contribution is -0.122. The van der Waals surface area contributed by atoms with Crippen LogP contribution in [0.25, 0.3) is 0 Å². The van der Waals surface area contributed by atoms with Crippen LogP contribution < -0.4 is 5.32 Å². The van der Waals surface area contributed by atoms with Crippen molar-refractivity contribution in [2.45, 2.75) is 38.3 Å². The number of nitrogens with one attached hydrogen (secondary N) is 1. The van der Waals surface area contributed by atoms with Gasteiger partial charge < -0.3 is 10.1 Å². The highest BCUT2D eigenvalue weighted by Gasteiger charge is 2.24. The average Bonchev–Trinajstić information content (AvgIpc) is 2.40. The predicted molar refractivity (Wildman–Crippen MR) is 67.0 cm³/mol. The number of Topliss-reactive ketones (excluding diaryl/α,β-unsaturated/α-hetero) is 1. The van der Waals surface area contributed by atoms with Crippen molar-refractivity contribution in [3.8, 4) is 0 Å². The van der Waals surface area contributed by atoms with Crippen molar-refractivity contribution in [2.24, 2.45) is 0 Å². The van der Waals surface area contributed by atoms with E-state index in [4.69, 9.17) is 4.74 Å². The van der Waals surface area contributed by atoms with Crippen molar-refractivity contribution in [3.05, 3.63) is 35.9 Å². The molecule has 1 N–H and O–H groups in total. The van der Waals surface area contributed by atoms with Crippen molar-refractivity contribution in [3.63, 3.8) is 0 Å². The smallest absolute Gasteiger partial charge is 0.408 e. The molecule has 4 nitrogen and oxygen atoms in total. The molecule has 18 heavy (non-hydrogen) atoms. The van der Waals surface area contributed by atoms with E-state index < -0.39 is 6.09 Å². The van der Waals surface area contributed by atoms with Crippen LogP contribution in [-0.4, -0.2) is 17.9 Å². The largest absolute Gasteiger partial charge is 0.445 e. The summed E-state index contributed by atoms with van der Waals surface area (Å²) < 4.78 is 5.08. The number of benzene rings is 1. The molecule has 4 heteroatoms. The van der Waals surface area contributed by atoms with Crippen LogP contribution in [0.4, 0.5) is 4.79 Å². The molecule has 0 radical (unpaired) electrons. The lowest BCUT2D eigenvalue weighted by Gasteiger charge is -2.21. The number of ketones is 1.